The minimum Gasteiger partial charge on any atom is -0.387 e. The first-order valence-electron chi connectivity index (χ1n) is 6.17. The summed E-state index contributed by atoms with van der Waals surface area (Å²) < 4.78 is 13.3. The molecule has 1 heterocycles. The summed E-state index contributed by atoms with van der Waals surface area (Å²) in [4.78, 5) is 19.6. The van der Waals surface area contributed by atoms with Gasteiger partial charge in [-0.25, -0.2) is 14.4 Å². The van der Waals surface area contributed by atoms with E-state index in [1.807, 2.05) is 0 Å². The number of nitrogens with one attached hydrogen (secondary N) is 1. The van der Waals surface area contributed by atoms with Crippen LogP contribution in [0.25, 0.3) is 0 Å². The van der Waals surface area contributed by atoms with Crippen molar-refractivity contribution >= 4 is 17.5 Å². The summed E-state index contributed by atoms with van der Waals surface area (Å²) in [5, 5.41) is 12.4. The number of aryl methyl sites for hydroxylation is 1. The minimum absolute atomic E-state index is 0.0218. The Balaban J connectivity index is 1.99. The van der Waals surface area contributed by atoms with Crippen LogP contribution in [0.5, 0.6) is 0 Å². The van der Waals surface area contributed by atoms with E-state index in [2.05, 4.69) is 15.3 Å². The number of carbonyl (C=O) groups excluding carboxylic acids is 1. The number of nitrogens with zero attached hydrogens (tertiary/aromatic N) is 2. The number of aliphatic hydroxyl groups is 1. The van der Waals surface area contributed by atoms with E-state index in [4.69, 9.17) is 11.6 Å². The lowest BCUT2D eigenvalue weighted by molar-refractivity contribution is 0.0911. The zero-order valence-electron chi connectivity index (χ0n) is 11.2. The number of rotatable bonds is 4. The van der Waals surface area contributed by atoms with Crippen LogP contribution in [0.4, 0.5) is 4.39 Å². The molecule has 1 aromatic carbocycles. The van der Waals surface area contributed by atoms with Crippen LogP contribution in [-0.4, -0.2) is 27.5 Å². The standard InChI is InChI=1S/C14H13ClFN3O2/c1-8-4-12(19-7-18-8)14(21)17-6-13(20)9-2-3-10(15)11(16)5-9/h2-5,7,13,20H,6H2,1H3,(H,17,21). The Hall–Kier alpha value is -2.05. The van der Waals surface area contributed by atoms with Gasteiger partial charge in [0.2, 0.25) is 0 Å². The highest BCUT2D eigenvalue weighted by Gasteiger charge is 2.13. The van der Waals surface area contributed by atoms with Crippen molar-refractivity contribution in [3.63, 3.8) is 0 Å². The highest BCUT2D eigenvalue weighted by Crippen LogP contribution is 2.19. The summed E-state index contributed by atoms with van der Waals surface area (Å²) in [6, 6.07) is 5.51. The van der Waals surface area contributed by atoms with Crippen molar-refractivity contribution in [1.82, 2.24) is 15.3 Å². The molecule has 0 radical (unpaired) electrons. The predicted molar refractivity (Wildman–Crippen MR) is 75.5 cm³/mol. The van der Waals surface area contributed by atoms with E-state index in [-0.39, 0.29) is 17.3 Å². The molecule has 0 aliphatic rings. The molecule has 5 nitrogen and oxygen atoms in total. The van der Waals surface area contributed by atoms with E-state index in [1.54, 1.807) is 6.92 Å². The number of amides is 1. The minimum atomic E-state index is -1.04. The molecule has 2 aromatic rings. The van der Waals surface area contributed by atoms with Crippen LogP contribution < -0.4 is 5.32 Å². The molecule has 7 heteroatoms. The van der Waals surface area contributed by atoms with Gasteiger partial charge in [0.1, 0.15) is 17.8 Å². The van der Waals surface area contributed by atoms with Crippen molar-refractivity contribution in [1.29, 1.82) is 0 Å². The first-order valence-corrected chi connectivity index (χ1v) is 6.55. The number of aromatic nitrogens is 2. The van der Waals surface area contributed by atoms with E-state index in [0.29, 0.717) is 11.3 Å². The van der Waals surface area contributed by atoms with Gasteiger partial charge in [0.15, 0.2) is 0 Å². The number of benzene rings is 1. The van der Waals surface area contributed by atoms with Crippen molar-refractivity contribution in [3.05, 3.63) is 58.4 Å². The smallest absolute Gasteiger partial charge is 0.270 e. The molecule has 0 spiro atoms. The Morgan fingerprint density at radius 3 is 2.86 bits per heavy atom. The number of hydrogen-bond donors (Lipinski definition) is 2. The fraction of sp³-hybridized carbons (Fsp3) is 0.214. The van der Waals surface area contributed by atoms with Gasteiger partial charge in [-0.15, -0.1) is 0 Å². The lowest BCUT2D eigenvalue weighted by Crippen LogP contribution is -2.29. The molecular weight excluding hydrogens is 297 g/mol. The monoisotopic (exact) mass is 309 g/mol. The second-order valence-electron chi connectivity index (χ2n) is 4.44. The Bertz CT molecular complexity index is 666. The van der Waals surface area contributed by atoms with Gasteiger partial charge in [0.25, 0.3) is 5.91 Å². The van der Waals surface area contributed by atoms with Crippen molar-refractivity contribution < 1.29 is 14.3 Å². The molecule has 21 heavy (non-hydrogen) atoms. The van der Waals surface area contributed by atoms with Gasteiger partial charge in [0.05, 0.1) is 11.1 Å². The van der Waals surface area contributed by atoms with Crippen LogP contribution in [0, 0.1) is 12.7 Å². The van der Waals surface area contributed by atoms with Gasteiger partial charge in [0, 0.05) is 12.2 Å². The van der Waals surface area contributed by atoms with Crippen molar-refractivity contribution in [3.8, 4) is 0 Å². The molecule has 1 unspecified atom stereocenters. The maximum Gasteiger partial charge on any atom is 0.270 e. The number of hydrogen-bond acceptors (Lipinski definition) is 4. The van der Waals surface area contributed by atoms with Gasteiger partial charge in [-0.1, -0.05) is 17.7 Å². The molecule has 0 bridgehead atoms. The SMILES string of the molecule is Cc1cc(C(=O)NCC(O)c2ccc(Cl)c(F)c2)ncn1. The Kier molecular flexibility index (Phi) is 4.82. The van der Waals surface area contributed by atoms with E-state index in [0.717, 1.165) is 6.07 Å². The van der Waals surface area contributed by atoms with Crippen LogP contribution in [0.2, 0.25) is 5.02 Å². The summed E-state index contributed by atoms with van der Waals surface area (Å²) in [6.45, 7) is 1.67. The van der Waals surface area contributed by atoms with Gasteiger partial charge in [-0.3, -0.25) is 4.79 Å². The highest BCUT2D eigenvalue weighted by atomic mass is 35.5. The summed E-state index contributed by atoms with van der Waals surface area (Å²) in [7, 11) is 0. The molecule has 1 atom stereocenters. The quantitative estimate of drug-likeness (QED) is 0.906. The lowest BCUT2D eigenvalue weighted by Gasteiger charge is -2.12. The third kappa shape index (κ3) is 3.96. The second kappa shape index (κ2) is 6.60. The van der Waals surface area contributed by atoms with E-state index in [1.165, 1.54) is 24.5 Å². The molecule has 2 rings (SSSR count). The summed E-state index contributed by atoms with van der Waals surface area (Å²) in [6.07, 6.45) is 0.249. The first-order chi connectivity index (χ1) is 9.97. The molecule has 0 saturated carbocycles. The van der Waals surface area contributed by atoms with Crippen LogP contribution in [-0.2, 0) is 0 Å². The highest BCUT2D eigenvalue weighted by molar-refractivity contribution is 6.30. The maximum atomic E-state index is 13.3. The molecule has 1 amide bonds. The van der Waals surface area contributed by atoms with Crippen LogP contribution in [0.3, 0.4) is 0 Å². The number of aliphatic hydroxyl groups excluding tert-OH is 1. The Morgan fingerprint density at radius 1 is 1.43 bits per heavy atom. The molecule has 0 aliphatic heterocycles. The zero-order valence-corrected chi connectivity index (χ0v) is 11.9. The topological polar surface area (TPSA) is 75.1 Å². The normalized spacial score (nSPS) is 12.0. The Labute approximate surface area is 125 Å². The van der Waals surface area contributed by atoms with Gasteiger partial charge in [-0.05, 0) is 30.7 Å². The van der Waals surface area contributed by atoms with E-state index < -0.39 is 17.8 Å². The summed E-state index contributed by atoms with van der Waals surface area (Å²) in [5.74, 6) is -1.06. The van der Waals surface area contributed by atoms with E-state index >= 15 is 0 Å². The molecule has 0 aliphatic carbocycles. The van der Waals surface area contributed by atoms with Gasteiger partial charge < -0.3 is 10.4 Å². The third-order valence-electron chi connectivity index (χ3n) is 2.82. The van der Waals surface area contributed by atoms with Crippen LogP contribution in [0.15, 0.2) is 30.6 Å². The fourth-order valence-corrected chi connectivity index (χ4v) is 1.81. The number of halogens is 2. The zero-order chi connectivity index (χ0) is 15.4. The predicted octanol–water partition coefficient (Wildman–Crippen LogP) is 2.04. The molecule has 0 fully saturated rings. The van der Waals surface area contributed by atoms with Crippen LogP contribution >= 0.6 is 11.6 Å². The average molecular weight is 310 g/mol. The second-order valence-corrected chi connectivity index (χ2v) is 4.85. The van der Waals surface area contributed by atoms with Gasteiger partial charge in [-0.2, -0.15) is 0 Å². The van der Waals surface area contributed by atoms with Crippen molar-refractivity contribution in [2.45, 2.75) is 13.0 Å². The summed E-state index contributed by atoms with van der Waals surface area (Å²) in [5.41, 5.74) is 1.20. The largest absolute Gasteiger partial charge is 0.387 e. The molecule has 110 valence electrons. The molecule has 2 N–H and O–H groups in total. The number of carbonyl (C=O) groups is 1. The fourth-order valence-electron chi connectivity index (χ4n) is 1.70. The van der Waals surface area contributed by atoms with Crippen molar-refractivity contribution in [2.75, 3.05) is 6.54 Å². The molecule has 0 saturated heterocycles. The summed E-state index contributed by atoms with van der Waals surface area (Å²) >= 11 is 5.57. The first kappa shape index (κ1) is 15.3. The Morgan fingerprint density at radius 2 is 2.19 bits per heavy atom. The molecular formula is C14H13ClFN3O2. The molecule has 1 aromatic heterocycles. The van der Waals surface area contributed by atoms with Gasteiger partial charge >= 0.3 is 0 Å². The van der Waals surface area contributed by atoms with Crippen LogP contribution in [0.1, 0.15) is 27.8 Å². The van der Waals surface area contributed by atoms with Crippen molar-refractivity contribution in [2.24, 2.45) is 0 Å². The van der Waals surface area contributed by atoms with E-state index in [9.17, 15) is 14.3 Å². The average Bonchev–Trinajstić information content (AvgIpc) is 2.47. The third-order valence-corrected chi connectivity index (χ3v) is 3.13. The lowest BCUT2D eigenvalue weighted by atomic mass is 10.1. The maximum absolute atomic E-state index is 13.3.